The minimum atomic E-state index is -3.72. The van der Waals surface area contributed by atoms with Crippen LogP contribution < -0.4 is 19.1 Å². The average molecular weight is 483 g/mol. The van der Waals surface area contributed by atoms with Crippen molar-refractivity contribution in [3.63, 3.8) is 0 Å². The van der Waals surface area contributed by atoms with Crippen molar-refractivity contribution in [2.45, 2.75) is 39.5 Å². The largest absolute Gasteiger partial charge is 0.491 e. The number of rotatable bonds is 10. The van der Waals surface area contributed by atoms with Gasteiger partial charge in [-0.05, 0) is 74.9 Å². The standard InChI is InChI=1S/C26H30N2O5S/c1-19(2)32-24-14-10-21(11-15-24)18-27-26(29)20(3)28(34(4,30)31)22-12-16-25(17-13-22)33-23-8-6-5-7-9-23/h5-17,19-20H,18H2,1-4H3,(H,27,29)/t20-/m1/s1. The number of anilines is 1. The average Bonchev–Trinajstić information content (AvgIpc) is 2.79. The number of amides is 1. The number of nitrogens with one attached hydrogen (secondary N) is 1. The number of nitrogens with zero attached hydrogens (tertiary/aromatic N) is 1. The number of para-hydroxylation sites is 1. The number of carbonyl (C=O) groups is 1. The Kier molecular flexibility index (Phi) is 8.17. The number of sulfonamides is 1. The van der Waals surface area contributed by atoms with E-state index >= 15 is 0 Å². The normalized spacial score (nSPS) is 12.1. The first-order valence-electron chi connectivity index (χ1n) is 11.0. The maximum absolute atomic E-state index is 12.8. The molecule has 180 valence electrons. The molecule has 8 heteroatoms. The van der Waals surface area contributed by atoms with Gasteiger partial charge in [0.05, 0.1) is 18.0 Å². The Morgan fingerprint density at radius 1 is 0.853 bits per heavy atom. The lowest BCUT2D eigenvalue weighted by molar-refractivity contribution is -0.122. The summed E-state index contributed by atoms with van der Waals surface area (Å²) in [6.07, 6.45) is 1.16. The molecule has 0 saturated heterocycles. The van der Waals surface area contributed by atoms with Crippen LogP contribution in [0.5, 0.6) is 17.2 Å². The molecule has 0 saturated carbocycles. The second-order valence-corrected chi connectivity index (χ2v) is 10.0. The third-order valence-corrected chi connectivity index (χ3v) is 6.16. The zero-order chi connectivity index (χ0) is 24.7. The maximum atomic E-state index is 12.8. The van der Waals surface area contributed by atoms with E-state index in [1.807, 2.05) is 68.4 Å². The van der Waals surface area contributed by atoms with Gasteiger partial charge in [-0.2, -0.15) is 0 Å². The minimum absolute atomic E-state index is 0.0762. The lowest BCUT2D eigenvalue weighted by atomic mass is 10.2. The number of carbonyl (C=O) groups excluding carboxylic acids is 1. The van der Waals surface area contributed by atoms with E-state index in [1.54, 1.807) is 31.2 Å². The van der Waals surface area contributed by atoms with Gasteiger partial charge in [0.2, 0.25) is 15.9 Å². The van der Waals surface area contributed by atoms with Crippen molar-refractivity contribution < 1.29 is 22.7 Å². The molecule has 0 fully saturated rings. The summed E-state index contributed by atoms with van der Waals surface area (Å²) in [6, 6.07) is 22.3. The van der Waals surface area contributed by atoms with Gasteiger partial charge >= 0.3 is 0 Å². The Labute approximate surface area is 201 Å². The van der Waals surface area contributed by atoms with Crippen LogP contribution in [0.15, 0.2) is 78.9 Å². The molecule has 0 radical (unpaired) electrons. The van der Waals surface area contributed by atoms with Crippen molar-refractivity contribution >= 4 is 21.6 Å². The second kappa shape index (κ2) is 11.1. The van der Waals surface area contributed by atoms with E-state index in [1.165, 1.54) is 0 Å². The first kappa shape index (κ1) is 25.1. The molecule has 0 heterocycles. The highest BCUT2D eigenvalue weighted by Crippen LogP contribution is 2.27. The van der Waals surface area contributed by atoms with E-state index in [0.29, 0.717) is 17.2 Å². The fraction of sp³-hybridized carbons (Fsp3) is 0.269. The topological polar surface area (TPSA) is 84.9 Å². The van der Waals surface area contributed by atoms with Crippen LogP contribution in [0.1, 0.15) is 26.3 Å². The van der Waals surface area contributed by atoms with Crippen molar-refractivity contribution in [3.05, 3.63) is 84.4 Å². The molecule has 1 amide bonds. The molecule has 1 N–H and O–H groups in total. The van der Waals surface area contributed by atoms with Crippen molar-refractivity contribution in [1.29, 1.82) is 0 Å². The molecular weight excluding hydrogens is 452 g/mol. The zero-order valence-electron chi connectivity index (χ0n) is 19.8. The van der Waals surface area contributed by atoms with Gasteiger partial charge in [-0.15, -0.1) is 0 Å². The third kappa shape index (κ3) is 6.99. The van der Waals surface area contributed by atoms with Crippen LogP contribution in [0, 0.1) is 0 Å². The lowest BCUT2D eigenvalue weighted by Crippen LogP contribution is -2.47. The molecule has 0 aliphatic carbocycles. The van der Waals surface area contributed by atoms with Crippen LogP contribution in [-0.2, 0) is 21.4 Å². The number of hydrogen-bond donors (Lipinski definition) is 1. The fourth-order valence-electron chi connectivity index (χ4n) is 3.39. The predicted molar refractivity (Wildman–Crippen MR) is 134 cm³/mol. The minimum Gasteiger partial charge on any atom is -0.491 e. The highest BCUT2D eigenvalue weighted by atomic mass is 32.2. The Bertz CT molecular complexity index is 1180. The van der Waals surface area contributed by atoms with Crippen LogP contribution in [0.25, 0.3) is 0 Å². The van der Waals surface area contributed by atoms with E-state index in [2.05, 4.69) is 5.32 Å². The molecule has 0 aliphatic heterocycles. The van der Waals surface area contributed by atoms with E-state index in [0.717, 1.165) is 21.9 Å². The molecule has 3 rings (SSSR count). The first-order chi connectivity index (χ1) is 16.1. The summed E-state index contributed by atoms with van der Waals surface area (Å²) in [7, 11) is -3.72. The highest BCUT2D eigenvalue weighted by molar-refractivity contribution is 7.92. The molecule has 34 heavy (non-hydrogen) atoms. The van der Waals surface area contributed by atoms with Crippen molar-refractivity contribution in [2.24, 2.45) is 0 Å². The lowest BCUT2D eigenvalue weighted by Gasteiger charge is -2.28. The van der Waals surface area contributed by atoms with E-state index < -0.39 is 22.0 Å². The van der Waals surface area contributed by atoms with Gasteiger partial charge in [0, 0.05) is 6.54 Å². The van der Waals surface area contributed by atoms with Crippen molar-refractivity contribution in [1.82, 2.24) is 5.32 Å². The Balaban J connectivity index is 1.68. The van der Waals surface area contributed by atoms with Gasteiger partial charge in [-0.25, -0.2) is 8.42 Å². The fourth-order valence-corrected chi connectivity index (χ4v) is 4.56. The molecule has 7 nitrogen and oxygen atoms in total. The van der Waals surface area contributed by atoms with Crippen LogP contribution in [-0.4, -0.2) is 32.7 Å². The quantitative estimate of drug-likeness (QED) is 0.451. The summed E-state index contributed by atoms with van der Waals surface area (Å²) < 4.78 is 37.6. The number of ether oxygens (including phenoxy) is 2. The Hall–Kier alpha value is -3.52. The van der Waals surface area contributed by atoms with Crippen molar-refractivity contribution in [2.75, 3.05) is 10.6 Å². The summed E-state index contributed by atoms with van der Waals surface area (Å²) >= 11 is 0. The zero-order valence-corrected chi connectivity index (χ0v) is 20.6. The van der Waals surface area contributed by atoms with Crippen LogP contribution in [0.3, 0.4) is 0 Å². The molecule has 0 bridgehead atoms. The smallest absolute Gasteiger partial charge is 0.243 e. The van der Waals surface area contributed by atoms with Crippen LogP contribution >= 0.6 is 0 Å². The monoisotopic (exact) mass is 482 g/mol. The van der Waals surface area contributed by atoms with Gasteiger partial charge < -0.3 is 14.8 Å². The summed E-state index contributed by atoms with van der Waals surface area (Å²) in [6.45, 7) is 5.73. The molecule has 0 aromatic heterocycles. The van der Waals surface area contributed by atoms with Gasteiger partial charge in [0.15, 0.2) is 0 Å². The molecule has 0 spiro atoms. The maximum Gasteiger partial charge on any atom is 0.243 e. The molecule has 3 aromatic carbocycles. The summed E-state index contributed by atoms with van der Waals surface area (Å²) in [5, 5.41) is 2.81. The van der Waals surface area contributed by atoms with E-state index in [-0.39, 0.29) is 12.6 Å². The predicted octanol–water partition coefficient (Wildman–Crippen LogP) is 4.74. The van der Waals surface area contributed by atoms with Gasteiger partial charge in [0.25, 0.3) is 0 Å². The molecular formula is C26H30N2O5S. The molecule has 0 aliphatic rings. The van der Waals surface area contributed by atoms with Crippen LogP contribution in [0.2, 0.25) is 0 Å². The highest BCUT2D eigenvalue weighted by Gasteiger charge is 2.29. The molecule has 1 atom stereocenters. The van der Waals surface area contributed by atoms with Gasteiger partial charge in [-0.1, -0.05) is 30.3 Å². The first-order valence-corrected chi connectivity index (χ1v) is 12.8. The summed E-state index contributed by atoms with van der Waals surface area (Å²) in [4.78, 5) is 12.8. The van der Waals surface area contributed by atoms with Gasteiger partial charge in [0.1, 0.15) is 23.3 Å². The third-order valence-electron chi connectivity index (χ3n) is 4.92. The van der Waals surface area contributed by atoms with E-state index in [4.69, 9.17) is 9.47 Å². The Morgan fingerprint density at radius 3 is 1.97 bits per heavy atom. The SMILES string of the molecule is CC(C)Oc1ccc(CNC(=O)[C@@H](C)N(c2ccc(Oc3ccccc3)cc2)S(C)(=O)=O)cc1. The number of benzene rings is 3. The summed E-state index contributed by atoms with van der Waals surface area (Å²) in [5.74, 6) is 1.58. The molecule has 3 aromatic rings. The van der Waals surface area contributed by atoms with Crippen LogP contribution in [0.4, 0.5) is 5.69 Å². The van der Waals surface area contributed by atoms with Crippen molar-refractivity contribution in [3.8, 4) is 17.2 Å². The molecule has 0 unspecified atom stereocenters. The Morgan fingerprint density at radius 2 is 1.41 bits per heavy atom. The second-order valence-electron chi connectivity index (χ2n) is 8.17. The summed E-state index contributed by atoms with van der Waals surface area (Å²) in [5.41, 5.74) is 1.26. The van der Waals surface area contributed by atoms with Gasteiger partial charge in [-0.3, -0.25) is 9.10 Å². The number of hydrogen-bond acceptors (Lipinski definition) is 5. The van der Waals surface area contributed by atoms with E-state index in [9.17, 15) is 13.2 Å².